The summed E-state index contributed by atoms with van der Waals surface area (Å²) in [4.78, 5) is 29.8. The first kappa shape index (κ1) is 14.1. The second-order valence-electron chi connectivity index (χ2n) is 6.75. The molecule has 21 heavy (non-hydrogen) atoms. The van der Waals surface area contributed by atoms with Crippen LogP contribution < -0.4 is 5.69 Å². The third kappa shape index (κ3) is 2.55. The van der Waals surface area contributed by atoms with E-state index in [1.54, 1.807) is 0 Å². The molecule has 0 unspecified atom stereocenters. The van der Waals surface area contributed by atoms with Gasteiger partial charge in [0.05, 0.1) is 11.0 Å². The Morgan fingerprint density at radius 2 is 1.86 bits per heavy atom. The number of imidazole rings is 1. The highest BCUT2D eigenvalue weighted by Gasteiger charge is 2.41. The fraction of sp³-hybridized carbons (Fsp3) is 0.529. The van der Waals surface area contributed by atoms with Crippen LogP contribution in [-0.2, 0) is 0 Å². The molecule has 0 aliphatic heterocycles. The van der Waals surface area contributed by atoms with Gasteiger partial charge in [0, 0.05) is 11.0 Å². The summed E-state index contributed by atoms with van der Waals surface area (Å²) >= 11 is 0. The maximum atomic E-state index is 13.1. The van der Waals surface area contributed by atoms with E-state index in [-0.39, 0.29) is 16.9 Å². The van der Waals surface area contributed by atoms with Crippen LogP contribution >= 0.6 is 0 Å². The number of aromatic amines is 2. The zero-order valence-corrected chi connectivity index (χ0v) is 12.7. The molecule has 4 heteroatoms. The Kier molecular flexibility index (Phi) is 3.47. The first-order valence-corrected chi connectivity index (χ1v) is 7.77. The van der Waals surface area contributed by atoms with Crippen molar-refractivity contribution in [1.29, 1.82) is 0 Å². The molecule has 0 spiro atoms. The van der Waals surface area contributed by atoms with E-state index >= 15 is 0 Å². The molecule has 1 heterocycles. The normalized spacial score (nSPS) is 17.7. The fourth-order valence-corrected chi connectivity index (χ4v) is 3.84. The van der Waals surface area contributed by atoms with Crippen molar-refractivity contribution in [3.63, 3.8) is 0 Å². The van der Waals surface area contributed by atoms with E-state index in [0.29, 0.717) is 11.4 Å². The van der Waals surface area contributed by atoms with Gasteiger partial charge in [0.15, 0.2) is 5.78 Å². The summed E-state index contributed by atoms with van der Waals surface area (Å²) in [6, 6.07) is 5.48. The van der Waals surface area contributed by atoms with Crippen molar-refractivity contribution in [2.75, 3.05) is 0 Å². The first-order valence-electron chi connectivity index (χ1n) is 7.77. The molecule has 0 amide bonds. The van der Waals surface area contributed by atoms with Gasteiger partial charge in [-0.1, -0.05) is 26.7 Å². The van der Waals surface area contributed by atoms with Crippen LogP contribution in [0, 0.1) is 11.3 Å². The predicted octanol–water partition coefficient (Wildman–Crippen LogP) is 3.65. The van der Waals surface area contributed by atoms with Gasteiger partial charge in [-0.15, -0.1) is 0 Å². The van der Waals surface area contributed by atoms with Crippen molar-refractivity contribution in [3.8, 4) is 0 Å². The average molecular weight is 286 g/mol. The van der Waals surface area contributed by atoms with Crippen molar-refractivity contribution in [2.24, 2.45) is 11.3 Å². The lowest BCUT2D eigenvalue weighted by molar-refractivity contribution is 0.0760. The van der Waals surface area contributed by atoms with E-state index in [2.05, 4.69) is 23.8 Å². The standard InChI is InChI=1S/C17H22N2O2/c1-11(2)10-17(7-3-4-8-17)15(20)12-5-6-13-14(9-12)19-16(21)18-13/h5-6,9,11H,3-4,7-8,10H2,1-2H3,(H2,18,19,21). The second kappa shape index (κ2) is 5.17. The number of benzene rings is 1. The summed E-state index contributed by atoms with van der Waals surface area (Å²) in [5.74, 6) is 0.764. The Balaban J connectivity index is 1.99. The van der Waals surface area contributed by atoms with Crippen molar-refractivity contribution < 1.29 is 4.79 Å². The summed E-state index contributed by atoms with van der Waals surface area (Å²) in [7, 11) is 0. The molecule has 0 bridgehead atoms. The molecule has 2 aromatic rings. The molecular formula is C17H22N2O2. The van der Waals surface area contributed by atoms with Gasteiger partial charge in [-0.05, 0) is 43.4 Å². The highest BCUT2D eigenvalue weighted by atomic mass is 16.1. The molecule has 3 rings (SSSR count). The van der Waals surface area contributed by atoms with Crippen LogP contribution in [0.15, 0.2) is 23.0 Å². The average Bonchev–Trinajstić information content (AvgIpc) is 3.02. The summed E-state index contributed by atoms with van der Waals surface area (Å²) < 4.78 is 0. The number of H-pyrrole nitrogens is 2. The summed E-state index contributed by atoms with van der Waals surface area (Å²) in [6.07, 6.45) is 5.22. The molecule has 1 aromatic carbocycles. The lowest BCUT2D eigenvalue weighted by Crippen LogP contribution is -2.29. The van der Waals surface area contributed by atoms with Crippen LogP contribution in [0.2, 0.25) is 0 Å². The van der Waals surface area contributed by atoms with Crippen LogP contribution in [0.25, 0.3) is 11.0 Å². The number of carbonyl (C=O) groups is 1. The van der Waals surface area contributed by atoms with Gasteiger partial charge in [-0.25, -0.2) is 4.79 Å². The van der Waals surface area contributed by atoms with Crippen LogP contribution in [0.4, 0.5) is 0 Å². The molecule has 0 saturated heterocycles. The molecule has 1 aliphatic rings. The minimum absolute atomic E-state index is 0.196. The number of fused-ring (bicyclic) bond motifs is 1. The van der Waals surface area contributed by atoms with E-state index < -0.39 is 0 Å². The van der Waals surface area contributed by atoms with Gasteiger partial charge < -0.3 is 9.97 Å². The molecule has 1 aromatic heterocycles. The molecule has 4 nitrogen and oxygen atoms in total. The third-order valence-electron chi connectivity index (χ3n) is 4.62. The Morgan fingerprint density at radius 3 is 2.52 bits per heavy atom. The Bertz CT molecular complexity index is 718. The fourth-order valence-electron chi connectivity index (χ4n) is 3.84. The highest BCUT2D eigenvalue weighted by molar-refractivity contribution is 6.02. The molecule has 112 valence electrons. The number of Topliss-reactive ketones (excluding diaryl/α,β-unsaturated/α-hetero) is 1. The number of rotatable bonds is 4. The molecule has 2 N–H and O–H groups in total. The number of nitrogens with one attached hydrogen (secondary N) is 2. The largest absolute Gasteiger partial charge is 0.323 e. The summed E-state index contributed by atoms with van der Waals surface area (Å²) in [5.41, 5.74) is 1.76. The molecule has 1 fully saturated rings. The molecule has 0 radical (unpaired) electrons. The maximum absolute atomic E-state index is 13.1. The number of ketones is 1. The van der Waals surface area contributed by atoms with Crippen LogP contribution in [-0.4, -0.2) is 15.8 Å². The Morgan fingerprint density at radius 1 is 1.19 bits per heavy atom. The van der Waals surface area contributed by atoms with Crippen molar-refractivity contribution in [1.82, 2.24) is 9.97 Å². The molecule has 1 saturated carbocycles. The summed E-state index contributed by atoms with van der Waals surface area (Å²) in [6.45, 7) is 4.36. The van der Waals surface area contributed by atoms with Crippen molar-refractivity contribution >= 4 is 16.8 Å². The van der Waals surface area contributed by atoms with Gasteiger partial charge in [0.2, 0.25) is 0 Å². The predicted molar refractivity (Wildman–Crippen MR) is 83.6 cm³/mol. The van der Waals surface area contributed by atoms with Gasteiger partial charge in [-0.3, -0.25) is 4.79 Å². The summed E-state index contributed by atoms with van der Waals surface area (Å²) in [5, 5.41) is 0. The third-order valence-corrected chi connectivity index (χ3v) is 4.62. The van der Waals surface area contributed by atoms with Crippen LogP contribution in [0.1, 0.15) is 56.3 Å². The van der Waals surface area contributed by atoms with E-state index in [9.17, 15) is 9.59 Å². The smallest absolute Gasteiger partial charge is 0.306 e. The number of aromatic nitrogens is 2. The minimum atomic E-state index is -0.229. The number of hydrogen-bond acceptors (Lipinski definition) is 2. The molecule has 0 atom stereocenters. The van der Waals surface area contributed by atoms with Crippen molar-refractivity contribution in [2.45, 2.75) is 46.0 Å². The van der Waals surface area contributed by atoms with Crippen molar-refractivity contribution in [3.05, 3.63) is 34.2 Å². The second-order valence-corrected chi connectivity index (χ2v) is 6.75. The Labute approximate surface area is 124 Å². The number of hydrogen-bond donors (Lipinski definition) is 2. The lowest BCUT2D eigenvalue weighted by Gasteiger charge is -2.29. The maximum Gasteiger partial charge on any atom is 0.323 e. The monoisotopic (exact) mass is 286 g/mol. The van der Waals surface area contributed by atoms with E-state index in [0.717, 1.165) is 43.2 Å². The van der Waals surface area contributed by atoms with Gasteiger partial charge in [0.25, 0.3) is 0 Å². The lowest BCUT2D eigenvalue weighted by atomic mass is 9.73. The van der Waals surface area contributed by atoms with E-state index in [1.807, 2.05) is 18.2 Å². The SMILES string of the molecule is CC(C)CC1(C(=O)c2ccc3[nH]c(=O)[nH]c3c2)CCCC1. The zero-order chi connectivity index (χ0) is 15.0. The molecule has 1 aliphatic carbocycles. The molecular weight excluding hydrogens is 264 g/mol. The first-order chi connectivity index (χ1) is 10.00. The van der Waals surface area contributed by atoms with Crippen LogP contribution in [0.5, 0.6) is 0 Å². The quantitative estimate of drug-likeness (QED) is 0.843. The zero-order valence-electron chi connectivity index (χ0n) is 12.7. The number of carbonyl (C=O) groups excluding carboxylic acids is 1. The van der Waals surface area contributed by atoms with Gasteiger partial charge >= 0.3 is 5.69 Å². The van der Waals surface area contributed by atoms with E-state index in [1.165, 1.54) is 0 Å². The van der Waals surface area contributed by atoms with Gasteiger partial charge in [-0.2, -0.15) is 0 Å². The highest BCUT2D eigenvalue weighted by Crippen LogP contribution is 2.45. The van der Waals surface area contributed by atoms with Crippen LogP contribution in [0.3, 0.4) is 0 Å². The topological polar surface area (TPSA) is 65.7 Å². The van der Waals surface area contributed by atoms with E-state index in [4.69, 9.17) is 0 Å². The Hall–Kier alpha value is -1.84. The van der Waals surface area contributed by atoms with Gasteiger partial charge in [0.1, 0.15) is 0 Å². The minimum Gasteiger partial charge on any atom is -0.306 e.